The van der Waals surface area contributed by atoms with Gasteiger partial charge in [0, 0.05) is 21.2 Å². The van der Waals surface area contributed by atoms with Gasteiger partial charge >= 0.3 is 0 Å². The van der Waals surface area contributed by atoms with E-state index in [0.717, 1.165) is 11.4 Å². The van der Waals surface area contributed by atoms with Crippen molar-refractivity contribution in [1.29, 1.82) is 0 Å². The van der Waals surface area contributed by atoms with E-state index in [0.29, 0.717) is 11.3 Å². The van der Waals surface area contributed by atoms with Gasteiger partial charge in [0.05, 0.1) is 0 Å². The van der Waals surface area contributed by atoms with Crippen molar-refractivity contribution < 1.29 is 0 Å². The number of benzene rings is 2. The molecule has 2 aromatic rings. The average Bonchev–Trinajstić information content (AvgIpc) is 2.50. The van der Waals surface area contributed by atoms with Gasteiger partial charge in [-0.1, -0.05) is 48.9 Å². The van der Waals surface area contributed by atoms with E-state index < -0.39 is 0 Å². The van der Waals surface area contributed by atoms with E-state index in [9.17, 15) is 0 Å². The van der Waals surface area contributed by atoms with Crippen LogP contribution < -0.4 is 5.32 Å². The van der Waals surface area contributed by atoms with Crippen molar-refractivity contribution in [3.05, 3.63) is 65.2 Å². The summed E-state index contributed by atoms with van der Waals surface area (Å²) >= 11 is 7.85. The Balaban J connectivity index is 2.15. The Hall–Kier alpha value is -0.960. The second-order valence-electron chi connectivity index (χ2n) is 4.70. The second-order valence-corrected chi connectivity index (χ2v) is 6.44. The van der Waals surface area contributed by atoms with Crippen LogP contribution in [0.5, 0.6) is 0 Å². The van der Waals surface area contributed by atoms with Gasteiger partial charge in [-0.2, -0.15) is 0 Å². The van der Waals surface area contributed by atoms with Crippen molar-refractivity contribution in [3.63, 3.8) is 0 Å². The summed E-state index contributed by atoms with van der Waals surface area (Å²) in [6, 6.07) is 19.1. The monoisotopic (exact) mass is 305 g/mol. The normalized spacial score (nSPS) is 13.9. The highest BCUT2D eigenvalue weighted by Crippen LogP contribution is 2.34. The molecule has 2 unspecified atom stereocenters. The Morgan fingerprint density at radius 3 is 2.25 bits per heavy atom. The number of hydrogen-bond donors (Lipinski definition) is 1. The van der Waals surface area contributed by atoms with Crippen LogP contribution in [0, 0.1) is 0 Å². The Morgan fingerprint density at radius 2 is 1.70 bits per heavy atom. The molecule has 0 radical (unpaired) electrons. The largest absolute Gasteiger partial charge is 0.312 e. The summed E-state index contributed by atoms with van der Waals surface area (Å²) in [5.74, 6) is 0. The van der Waals surface area contributed by atoms with E-state index in [1.54, 1.807) is 0 Å². The van der Waals surface area contributed by atoms with Crippen molar-refractivity contribution in [2.45, 2.75) is 29.5 Å². The number of rotatable bonds is 6. The molecule has 0 saturated heterocycles. The lowest BCUT2D eigenvalue weighted by Gasteiger charge is -2.26. The maximum atomic E-state index is 5.95. The molecule has 2 aromatic carbocycles. The lowest BCUT2D eigenvalue weighted by atomic mass is 10.0. The molecule has 0 bridgehead atoms. The molecule has 0 aliphatic heterocycles. The summed E-state index contributed by atoms with van der Waals surface area (Å²) in [5, 5.41) is 4.73. The Labute approximate surface area is 130 Å². The van der Waals surface area contributed by atoms with Gasteiger partial charge in [-0.05, 0) is 43.3 Å². The van der Waals surface area contributed by atoms with Gasteiger partial charge in [0.25, 0.3) is 0 Å². The third-order valence-electron chi connectivity index (χ3n) is 3.34. The van der Waals surface area contributed by atoms with Crippen molar-refractivity contribution in [2.24, 2.45) is 0 Å². The molecule has 0 aromatic heterocycles. The zero-order chi connectivity index (χ0) is 14.4. The summed E-state index contributed by atoms with van der Waals surface area (Å²) in [6.45, 7) is 2.24. The predicted molar refractivity (Wildman–Crippen MR) is 89.6 cm³/mol. The zero-order valence-corrected chi connectivity index (χ0v) is 13.4. The topological polar surface area (TPSA) is 12.0 Å². The first-order valence-corrected chi connectivity index (χ1v) is 8.14. The number of hydrogen-bond acceptors (Lipinski definition) is 2. The summed E-state index contributed by atoms with van der Waals surface area (Å²) in [5.41, 5.74) is 1.34. The number of halogens is 1. The standard InChI is InChI=1S/C17H20ClNS/c1-3-16(20-15-11-9-14(18)10-12-15)17(19-2)13-7-5-4-6-8-13/h4-12,16-17,19H,3H2,1-2H3. The van der Waals surface area contributed by atoms with Gasteiger partial charge in [-0.15, -0.1) is 11.8 Å². The van der Waals surface area contributed by atoms with Gasteiger partial charge in [0.1, 0.15) is 0 Å². The lowest BCUT2D eigenvalue weighted by molar-refractivity contribution is 0.556. The van der Waals surface area contributed by atoms with Crippen LogP contribution in [0.4, 0.5) is 0 Å². The molecule has 0 aliphatic rings. The maximum Gasteiger partial charge on any atom is 0.0441 e. The molecule has 0 amide bonds. The lowest BCUT2D eigenvalue weighted by Crippen LogP contribution is -2.26. The van der Waals surface area contributed by atoms with Crippen LogP contribution in [0.2, 0.25) is 5.02 Å². The molecule has 0 heterocycles. The van der Waals surface area contributed by atoms with Crippen LogP contribution in [0.3, 0.4) is 0 Å². The smallest absolute Gasteiger partial charge is 0.0441 e. The van der Waals surface area contributed by atoms with E-state index in [1.165, 1.54) is 10.5 Å². The fraction of sp³-hybridized carbons (Fsp3) is 0.294. The van der Waals surface area contributed by atoms with Crippen LogP contribution in [0.1, 0.15) is 24.9 Å². The summed E-state index contributed by atoms with van der Waals surface area (Å²) in [6.07, 6.45) is 1.10. The van der Waals surface area contributed by atoms with Gasteiger partial charge in [-0.25, -0.2) is 0 Å². The predicted octanol–water partition coefficient (Wildman–Crippen LogP) is 5.17. The molecule has 0 fully saturated rings. The minimum atomic E-state index is 0.349. The molecule has 20 heavy (non-hydrogen) atoms. The Kier molecular flexibility index (Phi) is 5.96. The van der Waals surface area contributed by atoms with Gasteiger partial charge in [0.2, 0.25) is 0 Å². The first-order valence-electron chi connectivity index (χ1n) is 6.89. The number of thioether (sulfide) groups is 1. The molecular weight excluding hydrogens is 286 g/mol. The molecule has 1 N–H and O–H groups in total. The quantitative estimate of drug-likeness (QED) is 0.739. The Morgan fingerprint density at radius 1 is 1.05 bits per heavy atom. The van der Waals surface area contributed by atoms with Crippen molar-refractivity contribution in [2.75, 3.05) is 7.05 Å². The van der Waals surface area contributed by atoms with Gasteiger partial charge in [-0.3, -0.25) is 0 Å². The highest BCUT2D eigenvalue weighted by atomic mass is 35.5. The molecule has 106 valence electrons. The molecule has 3 heteroatoms. The summed E-state index contributed by atoms with van der Waals surface area (Å²) in [7, 11) is 2.03. The van der Waals surface area contributed by atoms with Crippen LogP contribution >= 0.6 is 23.4 Å². The maximum absolute atomic E-state index is 5.95. The molecule has 0 spiro atoms. The molecule has 0 saturated carbocycles. The van der Waals surface area contributed by atoms with Gasteiger partial charge < -0.3 is 5.32 Å². The average molecular weight is 306 g/mol. The van der Waals surface area contributed by atoms with Crippen molar-refractivity contribution in [3.8, 4) is 0 Å². The SMILES string of the molecule is CCC(Sc1ccc(Cl)cc1)C(NC)c1ccccc1. The van der Waals surface area contributed by atoms with Crippen LogP contribution in [0.15, 0.2) is 59.5 Å². The minimum absolute atomic E-state index is 0.349. The van der Waals surface area contributed by atoms with E-state index in [4.69, 9.17) is 11.6 Å². The highest BCUT2D eigenvalue weighted by molar-refractivity contribution is 8.00. The Bertz CT molecular complexity index is 512. The van der Waals surface area contributed by atoms with Crippen LogP contribution in [0.25, 0.3) is 0 Å². The van der Waals surface area contributed by atoms with E-state index in [2.05, 4.69) is 54.7 Å². The molecule has 0 aliphatic carbocycles. The van der Waals surface area contributed by atoms with E-state index in [1.807, 2.05) is 30.9 Å². The first-order chi connectivity index (χ1) is 9.74. The summed E-state index contributed by atoms with van der Waals surface area (Å²) in [4.78, 5) is 1.26. The molecular formula is C17H20ClNS. The third-order valence-corrected chi connectivity index (χ3v) is 5.05. The molecule has 2 atom stereocenters. The van der Waals surface area contributed by atoms with Crippen molar-refractivity contribution in [1.82, 2.24) is 5.32 Å². The number of nitrogens with one attached hydrogen (secondary N) is 1. The summed E-state index contributed by atoms with van der Waals surface area (Å²) < 4.78 is 0. The van der Waals surface area contributed by atoms with Crippen LogP contribution in [-0.2, 0) is 0 Å². The third kappa shape index (κ3) is 4.02. The minimum Gasteiger partial charge on any atom is -0.312 e. The van der Waals surface area contributed by atoms with E-state index in [-0.39, 0.29) is 0 Å². The molecule has 2 rings (SSSR count). The highest BCUT2D eigenvalue weighted by Gasteiger charge is 2.21. The fourth-order valence-corrected chi connectivity index (χ4v) is 3.67. The van der Waals surface area contributed by atoms with E-state index >= 15 is 0 Å². The fourth-order valence-electron chi connectivity index (χ4n) is 2.30. The zero-order valence-electron chi connectivity index (χ0n) is 11.8. The molecule has 1 nitrogen and oxygen atoms in total. The van der Waals surface area contributed by atoms with Gasteiger partial charge in [0.15, 0.2) is 0 Å². The van der Waals surface area contributed by atoms with Crippen LogP contribution in [-0.4, -0.2) is 12.3 Å². The second kappa shape index (κ2) is 7.72. The first kappa shape index (κ1) is 15.4. The van der Waals surface area contributed by atoms with Crippen molar-refractivity contribution >= 4 is 23.4 Å².